The van der Waals surface area contributed by atoms with E-state index in [1.807, 2.05) is 0 Å². The Kier molecular flexibility index (Phi) is 5.89. The zero-order valence-corrected chi connectivity index (χ0v) is 10.4. The van der Waals surface area contributed by atoms with E-state index in [2.05, 4.69) is 0 Å². The van der Waals surface area contributed by atoms with Crippen LogP contribution in [0, 0.1) is 5.41 Å². The number of hydrogen-bond acceptors (Lipinski definition) is 2. The fourth-order valence-corrected chi connectivity index (χ4v) is 0.809. The summed E-state index contributed by atoms with van der Waals surface area (Å²) in [5, 5.41) is 0. The predicted molar refractivity (Wildman–Crippen MR) is 41.8 cm³/mol. The fourth-order valence-electron chi connectivity index (χ4n) is 0.441. The second-order valence-electron chi connectivity index (χ2n) is 2.66. The van der Waals surface area contributed by atoms with Gasteiger partial charge in [0.1, 0.15) is 5.41 Å². The molecule has 84 valence electrons. The van der Waals surface area contributed by atoms with Crippen LogP contribution >= 0.6 is 23.2 Å². The van der Waals surface area contributed by atoms with Gasteiger partial charge in [0.15, 0.2) is 4.46 Å². The van der Waals surface area contributed by atoms with Crippen molar-refractivity contribution in [3.8, 4) is 0 Å². The topological polar surface area (TPSA) is 52.0 Å². The van der Waals surface area contributed by atoms with Crippen molar-refractivity contribution in [1.29, 1.82) is 0 Å². The standard InChI is InChI=1S/C5H9Cl2F3N2.Pt/c1-3(2-11,4(6,7)12)5(8,9)10;/h2,11-12H2,1H3;. The van der Waals surface area contributed by atoms with Crippen molar-refractivity contribution in [2.24, 2.45) is 16.9 Å². The van der Waals surface area contributed by atoms with Crippen molar-refractivity contribution in [2.45, 2.75) is 17.6 Å². The van der Waals surface area contributed by atoms with Crippen LogP contribution in [0.3, 0.4) is 0 Å². The molecule has 2 nitrogen and oxygen atoms in total. The molecule has 0 fully saturated rings. The van der Waals surface area contributed by atoms with E-state index in [1.54, 1.807) is 0 Å². The summed E-state index contributed by atoms with van der Waals surface area (Å²) in [5.41, 5.74) is 7.35. The summed E-state index contributed by atoms with van der Waals surface area (Å²) in [4.78, 5) is 0. The molecule has 0 aliphatic carbocycles. The van der Waals surface area contributed by atoms with Crippen molar-refractivity contribution < 1.29 is 34.2 Å². The molecule has 0 saturated heterocycles. The molecule has 0 radical (unpaired) electrons. The number of halogens is 5. The summed E-state index contributed by atoms with van der Waals surface area (Å²) in [7, 11) is 0. The molecule has 0 aromatic carbocycles. The molecule has 0 rings (SSSR count). The molecule has 0 heterocycles. The minimum absolute atomic E-state index is 0. The van der Waals surface area contributed by atoms with E-state index in [-0.39, 0.29) is 21.1 Å². The second-order valence-corrected chi connectivity index (χ2v) is 4.04. The number of rotatable bonds is 2. The van der Waals surface area contributed by atoms with Gasteiger partial charge in [0.25, 0.3) is 0 Å². The van der Waals surface area contributed by atoms with Crippen molar-refractivity contribution in [3.05, 3.63) is 0 Å². The molecule has 1 atom stereocenters. The second kappa shape index (κ2) is 4.67. The Hall–Kier alpha value is 0.978. The Morgan fingerprint density at radius 1 is 1.23 bits per heavy atom. The normalized spacial score (nSPS) is 17.5. The van der Waals surface area contributed by atoms with Crippen molar-refractivity contribution >= 4 is 23.2 Å². The first-order chi connectivity index (χ1) is 5.06. The first kappa shape index (κ1) is 16.4. The van der Waals surface area contributed by atoms with Gasteiger partial charge in [-0.05, 0) is 6.92 Å². The van der Waals surface area contributed by atoms with Crippen molar-refractivity contribution in [1.82, 2.24) is 0 Å². The van der Waals surface area contributed by atoms with Crippen LogP contribution in [0.4, 0.5) is 13.2 Å². The third-order valence-electron chi connectivity index (χ3n) is 1.77. The van der Waals surface area contributed by atoms with Crippen LogP contribution in [-0.4, -0.2) is 17.2 Å². The molecule has 0 aliphatic rings. The minimum atomic E-state index is -4.62. The average molecular weight is 420 g/mol. The van der Waals surface area contributed by atoms with Gasteiger partial charge < -0.3 is 5.73 Å². The summed E-state index contributed by atoms with van der Waals surface area (Å²) in [6.07, 6.45) is -4.62. The maximum absolute atomic E-state index is 12.3. The predicted octanol–water partition coefficient (Wildman–Crippen LogP) is 1.60. The first-order valence-corrected chi connectivity index (χ1v) is 3.75. The van der Waals surface area contributed by atoms with Gasteiger partial charge in [-0.15, -0.1) is 0 Å². The van der Waals surface area contributed by atoms with E-state index in [0.717, 1.165) is 6.92 Å². The number of nitrogens with two attached hydrogens (primary N) is 2. The van der Waals surface area contributed by atoms with E-state index >= 15 is 0 Å². The van der Waals surface area contributed by atoms with Crippen molar-refractivity contribution in [2.75, 3.05) is 6.54 Å². The smallest absolute Gasteiger partial charge is 0.329 e. The van der Waals surface area contributed by atoms with Gasteiger partial charge in [0.2, 0.25) is 0 Å². The van der Waals surface area contributed by atoms with Crippen LogP contribution in [0.15, 0.2) is 0 Å². The molecule has 0 spiro atoms. The van der Waals surface area contributed by atoms with Crippen LogP contribution in [0.2, 0.25) is 0 Å². The van der Waals surface area contributed by atoms with E-state index in [0.29, 0.717) is 0 Å². The van der Waals surface area contributed by atoms with Crippen LogP contribution in [0.5, 0.6) is 0 Å². The Balaban J connectivity index is 0. The molecule has 0 saturated carbocycles. The average Bonchev–Trinajstić information content (AvgIpc) is 1.81. The van der Waals surface area contributed by atoms with Gasteiger partial charge in [0, 0.05) is 27.6 Å². The fraction of sp³-hybridized carbons (Fsp3) is 1.00. The van der Waals surface area contributed by atoms with Gasteiger partial charge in [-0.1, -0.05) is 23.2 Å². The SMILES string of the molecule is CC(CN)(C(F)(F)F)C(N)(Cl)Cl.[Pt]. The Labute approximate surface area is 98.4 Å². The molecular weight excluding hydrogens is 411 g/mol. The number of alkyl halides is 5. The maximum atomic E-state index is 12.3. The van der Waals surface area contributed by atoms with Gasteiger partial charge >= 0.3 is 6.18 Å². The molecule has 0 amide bonds. The molecule has 4 N–H and O–H groups in total. The van der Waals surface area contributed by atoms with Crippen LogP contribution in [0.1, 0.15) is 6.92 Å². The van der Waals surface area contributed by atoms with E-state index < -0.39 is 22.6 Å². The van der Waals surface area contributed by atoms with Crippen molar-refractivity contribution in [3.63, 3.8) is 0 Å². The van der Waals surface area contributed by atoms with E-state index in [4.69, 9.17) is 34.7 Å². The minimum Gasteiger partial charge on any atom is -0.329 e. The largest absolute Gasteiger partial charge is 0.399 e. The Morgan fingerprint density at radius 2 is 1.54 bits per heavy atom. The quantitative estimate of drug-likeness (QED) is 0.527. The monoisotopic (exact) mass is 419 g/mol. The van der Waals surface area contributed by atoms with Gasteiger partial charge in [-0.3, -0.25) is 5.73 Å². The first-order valence-electron chi connectivity index (χ1n) is 3.00. The molecule has 0 bridgehead atoms. The zero-order valence-electron chi connectivity index (χ0n) is 6.57. The summed E-state index contributed by atoms with van der Waals surface area (Å²) in [5.74, 6) is 0. The molecule has 1 unspecified atom stereocenters. The van der Waals surface area contributed by atoms with Crippen LogP contribution < -0.4 is 11.5 Å². The van der Waals surface area contributed by atoms with E-state index in [1.165, 1.54) is 0 Å². The third kappa shape index (κ3) is 3.24. The summed E-state index contributed by atoms with van der Waals surface area (Å²) in [6, 6.07) is 0. The zero-order chi connectivity index (χ0) is 10.2. The van der Waals surface area contributed by atoms with Gasteiger partial charge in [-0.2, -0.15) is 13.2 Å². The van der Waals surface area contributed by atoms with Gasteiger partial charge in [0.05, 0.1) is 0 Å². The Morgan fingerprint density at radius 3 is 1.54 bits per heavy atom. The maximum Gasteiger partial charge on any atom is 0.399 e. The summed E-state index contributed by atoms with van der Waals surface area (Å²) in [6.45, 7) is 0.00694. The van der Waals surface area contributed by atoms with E-state index in [9.17, 15) is 13.2 Å². The molecule has 0 aromatic heterocycles. The van der Waals surface area contributed by atoms with Crippen LogP contribution in [-0.2, 0) is 21.1 Å². The number of hydrogen-bond donors (Lipinski definition) is 2. The summed E-state index contributed by atoms with van der Waals surface area (Å²) >= 11 is 10.3. The molecule has 0 aliphatic heterocycles. The Bertz CT molecular complexity index is 154. The molecular formula is C5H9Cl2F3N2Pt. The molecule has 8 heteroatoms. The van der Waals surface area contributed by atoms with Gasteiger partial charge in [-0.25, -0.2) is 0 Å². The molecule has 0 aromatic rings. The molecule has 13 heavy (non-hydrogen) atoms. The van der Waals surface area contributed by atoms with Crippen LogP contribution in [0.25, 0.3) is 0 Å². The summed E-state index contributed by atoms with van der Waals surface area (Å²) < 4.78 is 34.4. The third-order valence-corrected chi connectivity index (χ3v) is 2.60.